The predicted octanol–water partition coefficient (Wildman–Crippen LogP) is 1.53. The summed E-state index contributed by atoms with van der Waals surface area (Å²) in [6.07, 6.45) is -1.98. The number of amides is 3. The van der Waals surface area contributed by atoms with E-state index in [1.807, 2.05) is 5.43 Å². The summed E-state index contributed by atoms with van der Waals surface area (Å²) < 4.78 is 9.35. The van der Waals surface area contributed by atoms with Crippen molar-refractivity contribution in [3.63, 3.8) is 0 Å². The van der Waals surface area contributed by atoms with E-state index >= 15 is 0 Å². The monoisotopic (exact) mass is 295 g/mol. The number of nitrogens with one attached hydrogen (secondary N) is 1. The van der Waals surface area contributed by atoms with Crippen molar-refractivity contribution in [2.24, 2.45) is 0 Å². The lowest BCUT2D eigenvalue weighted by Crippen LogP contribution is -2.50. The number of para-hydroxylation sites is 1. The van der Waals surface area contributed by atoms with Gasteiger partial charge in [0.1, 0.15) is 0 Å². The topological polar surface area (TPSA) is 111 Å². The maximum Gasteiger partial charge on any atom is 0.436 e. The molecule has 3 amide bonds. The maximum atomic E-state index is 12.3. The van der Waals surface area contributed by atoms with Gasteiger partial charge in [0.05, 0.1) is 18.8 Å². The first kappa shape index (κ1) is 16.3. The molecule has 0 bridgehead atoms. The van der Waals surface area contributed by atoms with Gasteiger partial charge in [-0.2, -0.15) is 0 Å². The van der Waals surface area contributed by atoms with Crippen LogP contribution in [0.1, 0.15) is 24.2 Å². The number of hydrogen-bond acceptors (Lipinski definition) is 6. The molecular weight excluding hydrogens is 278 g/mol. The minimum Gasteiger partial charge on any atom is -0.449 e. The van der Waals surface area contributed by atoms with Gasteiger partial charge in [0.15, 0.2) is 0 Å². The van der Waals surface area contributed by atoms with Crippen molar-refractivity contribution < 1.29 is 23.9 Å². The fraction of sp³-hybridized carbons (Fsp3) is 0.308. The Labute approximate surface area is 121 Å². The molecule has 3 N–H and O–H groups in total. The van der Waals surface area contributed by atoms with Crippen molar-refractivity contribution in [1.29, 1.82) is 0 Å². The Kier molecular flexibility index (Phi) is 5.99. The molecule has 8 nitrogen and oxygen atoms in total. The van der Waals surface area contributed by atoms with E-state index in [9.17, 15) is 14.4 Å². The first-order valence-corrected chi connectivity index (χ1v) is 6.30. The third-order valence-electron chi connectivity index (χ3n) is 2.32. The molecule has 0 aliphatic heterocycles. The normalized spacial score (nSPS) is 9.62. The lowest BCUT2D eigenvalue weighted by molar-refractivity contribution is 0.0522. The molecule has 0 saturated carbocycles. The number of hydrazine groups is 1. The lowest BCUT2D eigenvalue weighted by atomic mass is 10.1. The summed E-state index contributed by atoms with van der Waals surface area (Å²) in [6, 6.07) is 6.15. The molecule has 0 saturated heterocycles. The molecular formula is C13H17N3O5. The van der Waals surface area contributed by atoms with Crippen molar-refractivity contribution in [3.8, 4) is 0 Å². The van der Waals surface area contributed by atoms with Crippen molar-refractivity contribution >= 4 is 23.8 Å². The fourth-order valence-corrected chi connectivity index (χ4v) is 1.43. The molecule has 0 aliphatic carbocycles. The minimum absolute atomic E-state index is 0.0391. The second-order valence-electron chi connectivity index (χ2n) is 3.76. The zero-order chi connectivity index (χ0) is 15.8. The van der Waals surface area contributed by atoms with Crippen LogP contribution >= 0.6 is 0 Å². The summed E-state index contributed by atoms with van der Waals surface area (Å²) in [5.74, 6) is -0.820. The zero-order valence-corrected chi connectivity index (χ0v) is 11.8. The van der Waals surface area contributed by atoms with E-state index in [0.717, 1.165) is 0 Å². The van der Waals surface area contributed by atoms with E-state index < -0.39 is 18.1 Å². The smallest absolute Gasteiger partial charge is 0.436 e. The Bertz CT molecular complexity index is 532. The van der Waals surface area contributed by atoms with Crippen LogP contribution in [-0.4, -0.2) is 36.3 Å². The van der Waals surface area contributed by atoms with E-state index in [2.05, 4.69) is 4.74 Å². The van der Waals surface area contributed by atoms with Crippen LogP contribution in [0.15, 0.2) is 24.3 Å². The molecule has 0 aliphatic rings. The number of nitrogens with two attached hydrogens (primary N) is 1. The van der Waals surface area contributed by atoms with E-state index in [1.165, 1.54) is 12.1 Å². The zero-order valence-electron chi connectivity index (χ0n) is 11.8. The summed E-state index contributed by atoms with van der Waals surface area (Å²) in [4.78, 5) is 35.5. The van der Waals surface area contributed by atoms with Crippen LogP contribution in [0.2, 0.25) is 0 Å². The Morgan fingerprint density at radius 2 is 1.76 bits per heavy atom. The minimum atomic E-state index is -1.03. The highest BCUT2D eigenvalue weighted by Crippen LogP contribution is 2.13. The highest BCUT2D eigenvalue weighted by molar-refractivity contribution is 6.06. The average molecular weight is 295 g/mol. The number of rotatable bonds is 3. The second kappa shape index (κ2) is 7.73. The predicted molar refractivity (Wildman–Crippen MR) is 74.2 cm³/mol. The van der Waals surface area contributed by atoms with Crippen LogP contribution in [0.5, 0.6) is 0 Å². The van der Waals surface area contributed by atoms with Crippen molar-refractivity contribution in [1.82, 2.24) is 10.4 Å². The third-order valence-corrected chi connectivity index (χ3v) is 2.32. The molecule has 0 aromatic heterocycles. The van der Waals surface area contributed by atoms with Crippen LogP contribution < -0.4 is 11.2 Å². The van der Waals surface area contributed by atoms with Crippen LogP contribution in [0.25, 0.3) is 0 Å². The summed E-state index contributed by atoms with van der Waals surface area (Å²) in [6.45, 7) is 3.29. The van der Waals surface area contributed by atoms with Gasteiger partial charge in [0.2, 0.25) is 0 Å². The van der Waals surface area contributed by atoms with E-state index in [4.69, 9.17) is 10.5 Å². The standard InChI is InChI=1S/C13H17N3O5/c1-3-20-12(18)15-16(13(19)21-4-2)11(17)9-7-5-6-8-10(9)14/h5-8H,3-4,14H2,1-2H3,(H,15,18). The van der Waals surface area contributed by atoms with Gasteiger partial charge >= 0.3 is 12.2 Å². The molecule has 0 unspecified atom stereocenters. The first-order chi connectivity index (χ1) is 10.0. The van der Waals surface area contributed by atoms with Gasteiger partial charge in [-0.15, -0.1) is 5.01 Å². The van der Waals surface area contributed by atoms with Gasteiger partial charge in [-0.1, -0.05) is 12.1 Å². The van der Waals surface area contributed by atoms with Crippen LogP contribution in [0.3, 0.4) is 0 Å². The molecule has 0 atom stereocenters. The van der Waals surface area contributed by atoms with Crippen LogP contribution in [-0.2, 0) is 9.47 Å². The van der Waals surface area contributed by atoms with E-state index in [0.29, 0.717) is 5.01 Å². The molecule has 0 heterocycles. The highest BCUT2D eigenvalue weighted by atomic mass is 16.6. The van der Waals surface area contributed by atoms with Gasteiger partial charge in [-0.05, 0) is 26.0 Å². The van der Waals surface area contributed by atoms with Crippen LogP contribution in [0, 0.1) is 0 Å². The van der Waals surface area contributed by atoms with Crippen molar-refractivity contribution in [2.45, 2.75) is 13.8 Å². The van der Waals surface area contributed by atoms with Gasteiger partial charge in [0, 0.05) is 5.69 Å². The summed E-state index contributed by atoms with van der Waals surface area (Å²) in [5, 5.41) is 0.424. The van der Waals surface area contributed by atoms with Crippen LogP contribution in [0.4, 0.5) is 15.3 Å². The molecule has 1 aromatic rings. The largest absolute Gasteiger partial charge is 0.449 e. The lowest BCUT2D eigenvalue weighted by Gasteiger charge is -2.20. The van der Waals surface area contributed by atoms with Gasteiger partial charge in [-0.25, -0.2) is 15.0 Å². The average Bonchev–Trinajstić information content (AvgIpc) is 2.45. The number of anilines is 1. The van der Waals surface area contributed by atoms with Gasteiger partial charge < -0.3 is 15.2 Å². The molecule has 1 aromatic carbocycles. The van der Waals surface area contributed by atoms with Gasteiger partial charge in [-0.3, -0.25) is 4.79 Å². The number of carbonyl (C=O) groups is 3. The quantitative estimate of drug-likeness (QED) is 0.646. The number of hydrogen-bond donors (Lipinski definition) is 2. The van der Waals surface area contributed by atoms with Crippen molar-refractivity contribution in [2.75, 3.05) is 18.9 Å². The first-order valence-electron chi connectivity index (χ1n) is 6.30. The van der Waals surface area contributed by atoms with E-state index in [1.54, 1.807) is 26.0 Å². The Balaban J connectivity index is 3.00. The Hall–Kier alpha value is -2.77. The molecule has 114 valence electrons. The fourth-order valence-electron chi connectivity index (χ4n) is 1.43. The highest BCUT2D eigenvalue weighted by Gasteiger charge is 2.28. The third kappa shape index (κ3) is 4.37. The molecule has 0 radical (unpaired) electrons. The summed E-state index contributed by atoms with van der Waals surface area (Å²) in [5.41, 5.74) is 7.93. The number of nitrogen functional groups attached to an aromatic ring is 1. The Morgan fingerprint density at radius 3 is 2.33 bits per heavy atom. The summed E-state index contributed by atoms with van der Waals surface area (Å²) in [7, 11) is 0. The van der Waals surface area contributed by atoms with Crippen molar-refractivity contribution in [3.05, 3.63) is 29.8 Å². The number of imide groups is 1. The summed E-state index contributed by atoms with van der Waals surface area (Å²) >= 11 is 0. The molecule has 1 rings (SSSR count). The molecule has 0 fully saturated rings. The number of carbonyl (C=O) groups excluding carboxylic acids is 3. The Morgan fingerprint density at radius 1 is 1.14 bits per heavy atom. The second-order valence-corrected chi connectivity index (χ2v) is 3.76. The number of ether oxygens (including phenoxy) is 2. The van der Waals surface area contributed by atoms with Gasteiger partial charge in [0.25, 0.3) is 5.91 Å². The molecule has 8 heteroatoms. The SMILES string of the molecule is CCOC(=O)NN(C(=O)OCC)C(=O)c1ccccc1N. The maximum absolute atomic E-state index is 12.3. The molecule has 21 heavy (non-hydrogen) atoms. The van der Waals surface area contributed by atoms with E-state index in [-0.39, 0.29) is 24.5 Å². The molecule has 0 spiro atoms. The number of benzene rings is 1. The number of nitrogens with zero attached hydrogens (tertiary/aromatic N) is 1.